The van der Waals surface area contributed by atoms with Crippen molar-refractivity contribution in [1.29, 1.82) is 0 Å². The van der Waals surface area contributed by atoms with Gasteiger partial charge in [-0.3, -0.25) is 15.1 Å². The molecule has 82 valence electrons. The smallest absolute Gasteiger partial charge is 0.250 e. The second kappa shape index (κ2) is 4.72. The zero-order valence-electron chi connectivity index (χ0n) is 8.99. The number of rotatable bonds is 2. The third-order valence-electron chi connectivity index (χ3n) is 2.68. The molecule has 3 N–H and O–H groups in total. The van der Waals surface area contributed by atoms with E-state index in [9.17, 15) is 4.79 Å². The van der Waals surface area contributed by atoms with E-state index in [4.69, 9.17) is 10.6 Å². The fourth-order valence-corrected chi connectivity index (χ4v) is 1.74. The first-order chi connectivity index (χ1) is 6.56. The monoisotopic (exact) mass is 201 g/mol. The second-order valence-corrected chi connectivity index (χ2v) is 3.87. The molecule has 0 aliphatic carbocycles. The van der Waals surface area contributed by atoms with Gasteiger partial charge in [0.1, 0.15) is 0 Å². The van der Waals surface area contributed by atoms with Crippen molar-refractivity contribution in [1.82, 2.24) is 10.3 Å². The summed E-state index contributed by atoms with van der Waals surface area (Å²) in [6.45, 7) is 7.36. The Morgan fingerprint density at radius 1 is 1.64 bits per heavy atom. The topological polar surface area (TPSA) is 67.6 Å². The molecule has 3 atom stereocenters. The first-order valence-corrected chi connectivity index (χ1v) is 4.94. The average Bonchev–Trinajstić information content (AvgIpc) is 2.19. The molecule has 1 amide bonds. The van der Waals surface area contributed by atoms with Gasteiger partial charge in [-0.1, -0.05) is 0 Å². The fraction of sp³-hybridized carbons (Fsp3) is 0.889. The van der Waals surface area contributed by atoms with Gasteiger partial charge in [-0.25, -0.2) is 5.84 Å². The lowest BCUT2D eigenvalue weighted by molar-refractivity contribution is -0.131. The highest BCUT2D eigenvalue weighted by Gasteiger charge is 2.30. The van der Waals surface area contributed by atoms with Crippen molar-refractivity contribution in [2.24, 2.45) is 5.84 Å². The average molecular weight is 201 g/mol. The zero-order chi connectivity index (χ0) is 10.7. The van der Waals surface area contributed by atoms with Crippen molar-refractivity contribution in [2.45, 2.75) is 39.0 Å². The van der Waals surface area contributed by atoms with Gasteiger partial charge in [0.2, 0.25) is 0 Å². The van der Waals surface area contributed by atoms with Crippen LogP contribution in [-0.2, 0) is 9.53 Å². The number of ether oxygens (including phenoxy) is 1. The molecule has 14 heavy (non-hydrogen) atoms. The number of nitrogens with two attached hydrogens (primary N) is 1. The van der Waals surface area contributed by atoms with Gasteiger partial charge in [0, 0.05) is 12.6 Å². The van der Waals surface area contributed by atoms with Crippen LogP contribution in [0, 0.1) is 0 Å². The van der Waals surface area contributed by atoms with E-state index in [0.29, 0.717) is 6.61 Å². The Morgan fingerprint density at radius 2 is 2.29 bits per heavy atom. The van der Waals surface area contributed by atoms with E-state index >= 15 is 0 Å². The molecule has 0 spiro atoms. The summed E-state index contributed by atoms with van der Waals surface area (Å²) in [5.74, 6) is 4.95. The Hall–Kier alpha value is -0.650. The first kappa shape index (κ1) is 11.4. The molecule has 1 aliphatic heterocycles. The zero-order valence-corrected chi connectivity index (χ0v) is 8.99. The standard InChI is InChI=1S/C9H19N3O2/c1-6-5-14-7(2)4-12(6)8(3)9(13)11-10/h6-8H,4-5,10H2,1-3H3,(H,11,13). The lowest BCUT2D eigenvalue weighted by Gasteiger charge is -2.39. The van der Waals surface area contributed by atoms with Crippen LogP contribution in [0.2, 0.25) is 0 Å². The summed E-state index contributed by atoms with van der Waals surface area (Å²) in [7, 11) is 0. The Balaban J connectivity index is 2.59. The number of carbonyl (C=O) groups is 1. The summed E-state index contributed by atoms with van der Waals surface area (Å²) in [5, 5.41) is 0. The maximum atomic E-state index is 11.3. The number of morpholine rings is 1. The van der Waals surface area contributed by atoms with Crippen LogP contribution in [-0.4, -0.2) is 42.1 Å². The molecular formula is C9H19N3O2. The van der Waals surface area contributed by atoms with Gasteiger partial charge in [0.05, 0.1) is 18.8 Å². The van der Waals surface area contributed by atoms with E-state index in [1.807, 2.05) is 20.8 Å². The summed E-state index contributed by atoms with van der Waals surface area (Å²) in [6, 6.07) is 0.0693. The number of hydrogen-bond acceptors (Lipinski definition) is 4. The number of hydrogen-bond donors (Lipinski definition) is 2. The summed E-state index contributed by atoms with van der Waals surface area (Å²) in [4.78, 5) is 13.5. The van der Waals surface area contributed by atoms with Crippen LogP contribution in [0.5, 0.6) is 0 Å². The van der Waals surface area contributed by atoms with Gasteiger partial charge in [0.25, 0.3) is 5.91 Å². The van der Waals surface area contributed by atoms with Crippen LogP contribution in [0.15, 0.2) is 0 Å². The molecule has 0 aromatic rings. The predicted molar refractivity (Wildman–Crippen MR) is 53.4 cm³/mol. The van der Waals surface area contributed by atoms with Gasteiger partial charge in [-0.15, -0.1) is 0 Å². The minimum absolute atomic E-state index is 0.147. The van der Waals surface area contributed by atoms with Gasteiger partial charge in [0.15, 0.2) is 0 Å². The Morgan fingerprint density at radius 3 is 2.86 bits per heavy atom. The van der Waals surface area contributed by atoms with Crippen LogP contribution in [0.25, 0.3) is 0 Å². The van der Waals surface area contributed by atoms with E-state index in [1.54, 1.807) is 0 Å². The fourth-order valence-electron chi connectivity index (χ4n) is 1.74. The second-order valence-electron chi connectivity index (χ2n) is 3.87. The largest absolute Gasteiger partial charge is 0.376 e. The summed E-state index contributed by atoms with van der Waals surface area (Å²) in [5.41, 5.74) is 2.18. The Bertz CT molecular complexity index is 210. The highest BCUT2D eigenvalue weighted by Crippen LogP contribution is 2.14. The lowest BCUT2D eigenvalue weighted by atomic mass is 10.1. The van der Waals surface area contributed by atoms with Gasteiger partial charge in [-0.2, -0.15) is 0 Å². The van der Waals surface area contributed by atoms with Crippen molar-refractivity contribution in [2.75, 3.05) is 13.2 Å². The van der Waals surface area contributed by atoms with Crippen LogP contribution in [0.3, 0.4) is 0 Å². The highest BCUT2D eigenvalue weighted by atomic mass is 16.5. The third kappa shape index (κ3) is 2.43. The van der Waals surface area contributed by atoms with Crippen LogP contribution in [0.1, 0.15) is 20.8 Å². The van der Waals surface area contributed by atoms with E-state index in [0.717, 1.165) is 6.54 Å². The van der Waals surface area contributed by atoms with Crippen molar-refractivity contribution in [3.8, 4) is 0 Å². The number of hydrazine groups is 1. The number of nitrogens with zero attached hydrogens (tertiary/aromatic N) is 1. The molecular weight excluding hydrogens is 182 g/mol. The molecule has 1 heterocycles. The Labute approximate surface area is 84.5 Å². The molecule has 5 nitrogen and oxygen atoms in total. The molecule has 0 radical (unpaired) electrons. The SMILES string of the molecule is CC1CN(C(C)C(=O)NN)C(C)CO1. The number of nitrogens with one attached hydrogen (secondary N) is 1. The Kier molecular flexibility index (Phi) is 3.86. The highest BCUT2D eigenvalue weighted by molar-refractivity contribution is 5.80. The normalized spacial score (nSPS) is 31.1. The quantitative estimate of drug-likeness (QED) is 0.358. The molecule has 5 heteroatoms. The molecule has 1 fully saturated rings. The number of carbonyl (C=O) groups excluding carboxylic acids is 1. The molecule has 3 unspecified atom stereocenters. The van der Waals surface area contributed by atoms with Gasteiger partial charge >= 0.3 is 0 Å². The summed E-state index contributed by atoms with van der Waals surface area (Å²) in [6.07, 6.45) is 0.180. The van der Waals surface area contributed by atoms with Gasteiger partial charge in [-0.05, 0) is 20.8 Å². The maximum Gasteiger partial charge on any atom is 0.250 e. The van der Waals surface area contributed by atoms with Crippen LogP contribution in [0.4, 0.5) is 0 Å². The van der Waals surface area contributed by atoms with Crippen LogP contribution >= 0.6 is 0 Å². The van der Waals surface area contributed by atoms with Crippen molar-refractivity contribution < 1.29 is 9.53 Å². The molecule has 1 rings (SSSR count). The van der Waals surface area contributed by atoms with Crippen molar-refractivity contribution in [3.05, 3.63) is 0 Å². The summed E-state index contributed by atoms with van der Waals surface area (Å²) < 4.78 is 5.48. The predicted octanol–water partition coefficient (Wildman–Crippen LogP) is -0.526. The first-order valence-electron chi connectivity index (χ1n) is 4.94. The molecule has 0 bridgehead atoms. The third-order valence-corrected chi connectivity index (χ3v) is 2.68. The van der Waals surface area contributed by atoms with Crippen molar-refractivity contribution >= 4 is 5.91 Å². The minimum atomic E-state index is -0.193. The molecule has 0 saturated carbocycles. The van der Waals surface area contributed by atoms with Crippen LogP contribution < -0.4 is 11.3 Å². The summed E-state index contributed by atoms with van der Waals surface area (Å²) >= 11 is 0. The maximum absolute atomic E-state index is 11.3. The molecule has 0 aromatic carbocycles. The number of amides is 1. The van der Waals surface area contributed by atoms with E-state index in [1.165, 1.54) is 0 Å². The lowest BCUT2D eigenvalue weighted by Crippen LogP contribution is -2.56. The minimum Gasteiger partial charge on any atom is -0.376 e. The molecule has 1 aliphatic rings. The van der Waals surface area contributed by atoms with E-state index in [-0.39, 0.29) is 24.1 Å². The van der Waals surface area contributed by atoms with Crippen molar-refractivity contribution in [3.63, 3.8) is 0 Å². The molecule has 1 saturated heterocycles. The molecule has 0 aromatic heterocycles. The van der Waals surface area contributed by atoms with E-state index in [2.05, 4.69) is 10.3 Å². The van der Waals surface area contributed by atoms with Gasteiger partial charge < -0.3 is 4.74 Å². The van der Waals surface area contributed by atoms with E-state index < -0.39 is 0 Å².